The minimum absolute atomic E-state index is 0.0273. The van der Waals surface area contributed by atoms with Crippen LogP contribution in [0.5, 0.6) is 0 Å². The van der Waals surface area contributed by atoms with Crippen LogP contribution >= 0.6 is 0 Å². The van der Waals surface area contributed by atoms with E-state index in [-0.39, 0.29) is 18.4 Å². The van der Waals surface area contributed by atoms with Gasteiger partial charge in [-0.2, -0.15) is 5.10 Å². The summed E-state index contributed by atoms with van der Waals surface area (Å²) in [4.78, 5) is 34.6. The predicted octanol–water partition coefficient (Wildman–Crippen LogP) is 0.967. The van der Waals surface area contributed by atoms with E-state index in [9.17, 15) is 9.59 Å². The SMILES string of the molecule is CN=C(NCc1cccc(CN2CCCC2=O)c1)N1CCN(c2cnn(C)c2)C(=O)C1. The van der Waals surface area contributed by atoms with Crippen molar-refractivity contribution < 1.29 is 9.59 Å². The number of aliphatic imine (C=N–C) groups is 1. The molecule has 1 aromatic heterocycles. The first-order valence-electron chi connectivity index (χ1n) is 10.6. The molecular formula is C22H29N7O2. The number of amides is 2. The number of nitrogens with zero attached hydrogens (tertiary/aromatic N) is 6. The molecule has 3 heterocycles. The topological polar surface area (TPSA) is 86.1 Å². The van der Waals surface area contributed by atoms with E-state index < -0.39 is 0 Å². The number of likely N-dealkylation sites (tertiary alicyclic amines) is 1. The van der Waals surface area contributed by atoms with Crippen molar-refractivity contribution in [1.82, 2.24) is 24.9 Å². The number of benzene rings is 1. The summed E-state index contributed by atoms with van der Waals surface area (Å²) < 4.78 is 1.70. The summed E-state index contributed by atoms with van der Waals surface area (Å²) in [5.41, 5.74) is 3.07. The average Bonchev–Trinajstić information content (AvgIpc) is 3.37. The molecule has 2 aliphatic rings. The molecule has 0 radical (unpaired) electrons. The van der Waals surface area contributed by atoms with Crippen LogP contribution < -0.4 is 10.2 Å². The summed E-state index contributed by atoms with van der Waals surface area (Å²) in [6, 6.07) is 8.25. The second-order valence-electron chi connectivity index (χ2n) is 7.98. The van der Waals surface area contributed by atoms with E-state index in [0.29, 0.717) is 38.6 Å². The maximum atomic E-state index is 12.7. The highest BCUT2D eigenvalue weighted by atomic mass is 16.2. The van der Waals surface area contributed by atoms with Crippen molar-refractivity contribution in [2.24, 2.45) is 12.0 Å². The van der Waals surface area contributed by atoms with E-state index in [1.807, 2.05) is 29.1 Å². The highest BCUT2D eigenvalue weighted by molar-refractivity contribution is 5.98. The van der Waals surface area contributed by atoms with Gasteiger partial charge in [0.1, 0.15) is 6.54 Å². The number of piperazine rings is 1. The standard InChI is InChI=1S/C22H29N7O2/c1-23-22(28-9-10-29(21(31)16-28)19-13-25-26(2)15-19)24-12-17-5-3-6-18(11-17)14-27-8-4-7-20(27)30/h3,5-6,11,13,15H,4,7-10,12,14,16H2,1-2H3,(H,23,24). The number of aryl methyl sites for hydroxylation is 1. The van der Waals surface area contributed by atoms with Gasteiger partial charge in [-0.15, -0.1) is 0 Å². The summed E-state index contributed by atoms with van der Waals surface area (Å²) in [6.07, 6.45) is 5.17. The molecule has 9 heteroatoms. The van der Waals surface area contributed by atoms with Gasteiger partial charge in [-0.05, 0) is 17.5 Å². The van der Waals surface area contributed by atoms with Crippen LogP contribution in [0.15, 0.2) is 41.7 Å². The summed E-state index contributed by atoms with van der Waals surface area (Å²) in [5.74, 6) is 0.970. The predicted molar refractivity (Wildman–Crippen MR) is 118 cm³/mol. The maximum absolute atomic E-state index is 12.7. The first-order chi connectivity index (χ1) is 15.0. The van der Waals surface area contributed by atoms with Gasteiger partial charge in [0.25, 0.3) is 0 Å². The number of anilines is 1. The first-order valence-corrected chi connectivity index (χ1v) is 10.6. The fraction of sp³-hybridized carbons (Fsp3) is 0.455. The van der Waals surface area contributed by atoms with E-state index in [1.165, 1.54) is 0 Å². The summed E-state index contributed by atoms with van der Waals surface area (Å²) >= 11 is 0. The number of rotatable bonds is 5. The van der Waals surface area contributed by atoms with Crippen LogP contribution in [0.3, 0.4) is 0 Å². The largest absolute Gasteiger partial charge is 0.352 e. The highest BCUT2D eigenvalue weighted by Crippen LogP contribution is 2.17. The summed E-state index contributed by atoms with van der Waals surface area (Å²) in [7, 11) is 3.57. The van der Waals surface area contributed by atoms with Crippen molar-refractivity contribution >= 4 is 23.5 Å². The molecule has 2 fully saturated rings. The lowest BCUT2D eigenvalue weighted by Gasteiger charge is -2.35. The van der Waals surface area contributed by atoms with Gasteiger partial charge >= 0.3 is 0 Å². The molecule has 4 rings (SSSR count). The van der Waals surface area contributed by atoms with E-state index >= 15 is 0 Å². The van der Waals surface area contributed by atoms with E-state index in [2.05, 4.69) is 33.6 Å². The van der Waals surface area contributed by atoms with E-state index in [1.54, 1.807) is 22.8 Å². The highest BCUT2D eigenvalue weighted by Gasteiger charge is 2.27. The Morgan fingerprint density at radius 1 is 1.16 bits per heavy atom. The van der Waals surface area contributed by atoms with Crippen molar-refractivity contribution in [2.45, 2.75) is 25.9 Å². The molecule has 0 saturated carbocycles. The van der Waals surface area contributed by atoms with Crippen LogP contribution in [-0.4, -0.2) is 70.6 Å². The Labute approximate surface area is 182 Å². The fourth-order valence-corrected chi connectivity index (χ4v) is 4.12. The quantitative estimate of drug-likeness (QED) is 0.572. The van der Waals surface area contributed by atoms with Crippen molar-refractivity contribution in [3.05, 3.63) is 47.8 Å². The van der Waals surface area contributed by atoms with Gasteiger partial charge in [-0.1, -0.05) is 24.3 Å². The van der Waals surface area contributed by atoms with Crippen LogP contribution in [0.1, 0.15) is 24.0 Å². The van der Waals surface area contributed by atoms with Gasteiger partial charge in [0.2, 0.25) is 11.8 Å². The molecule has 31 heavy (non-hydrogen) atoms. The normalized spacial score (nSPS) is 17.6. The lowest BCUT2D eigenvalue weighted by Crippen LogP contribution is -2.55. The van der Waals surface area contributed by atoms with Crippen LogP contribution in [0.2, 0.25) is 0 Å². The maximum Gasteiger partial charge on any atom is 0.246 e. The molecule has 0 bridgehead atoms. The second-order valence-corrected chi connectivity index (χ2v) is 7.98. The molecule has 0 spiro atoms. The third-order valence-electron chi connectivity index (χ3n) is 5.72. The monoisotopic (exact) mass is 423 g/mol. The second kappa shape index (κ2) is 9.20. The molecule has 1 aromatic carbocycles. The van der Waals surface area contributed by atoms with Crippen LogP contribution in [0.25, 0.3) is 0 Å². The number of nitrogens with one attached hydrogen (secondary N) is 1. The molecule has 1 N–H and O–H groups in total. The number of hydrogen-bond acceptors (Lipinski definition) is 4. The zero-order chi connectivity index (χ0) is 21.8. The van der Waals surface area contributed by atoms with Gasteiger partial charge < -0.3 is 20.0 Å². The lowest BCUT2D eigenvalue weighted by atomic mass is 10.1. The third kappa shape index (κ3) is 4.87. The number of hydrogen-bond donors (Lipinski definition) is 1. The van der Waals surface area contributed by atoms with Crippen molar-refractivity contribution in [2.75, 3.05) is 38.1 Å². The molecule has 0 aliphatic carbocycles. The molecule has 0 unspecified atom stereocenters. The zero-order valence-corrected chi connectivity index (χ0v) is 18.1. The summed E-state index contributed by atoms with van der Waals surface area (Å²) in [6.45, 7) is 3.65. The van der Waals surface area contributed by atoms with Gasteiger partial charge in [-0.25, -0.2) is 0 Å². The van der Waals surface area contributed by atoms with E-state index in [0.717, 1.165) is 29.8 Å². The Morgan fingerprint density at radius 3 is 2.68 bits per heavy atom. The Kier molecular flexibility index (Phi) is 6.20. The van der Waals surface area contributed by atoms with Gasteiger partial charge in [0.05, 0.1) is 11.9 Å². The molecule has 2 aliphatic heterocycles. The van der Waals surface area contributed by atoms with E-state index in [4.69, 9.17) is 0 Å². The third-order valence-corrected chi connectivity index (χ3v) is 5.72. The van der Waals surface area contributed by atoms with Gasteiger partial charge in [0.15, 0.2) is 5.96 Å². The van der Waals surface area contributed by atoms with Crippen molar-refractivity contribution in [3.8, 4) is 0 Å². The van der Waals surface area contributed by atoms with Gasteiger partial charge in [0, 0.05) is 59.4 Å². The Bertz CT molecular complexity index is 984. The summed E-state index contributed by atoms with van der Waals surface area (Å²) in [5, 5.41) is 7.53. The van der Waals surface area contributed by atoms with Crippen LogP contribution in [0, 0.1) is 0 Å². The Balaban J connectivity index is 1.33. The van der Waals surface area contributed by atoms with Crippen molar-refractivity contribution in [3.63, 3.8) is 0 Å². The Hall–Kier alpha value is -3.36. The van der Waals surface area contributed by atoms with Crippen LogP contribution in [0.4, 0.5) is 5.69 Å². The molecule has 2 aromatic rings. The molecular weight excluding hydrogens is 394 g/mol. The number of guanidine groups is 1. The van der Waals surface area contributed by atoms with Crippen molar-refractivity contribution in [1.29, 1.82) is 0 Å². The number of carbonyl (C=O) groups excluding carboxylic acids is 2. The number of carbonyl (C=O) groups is 2. The first kappa shape index (κ1) is 20.9. The van der Waals surface area contributed by atoms with Crippen LogP contribution in [-0.2, 0) is 29.7 Å². The fourth-order valence-electron chi connectivity index (χ4n) is 4.12. The average molecular weight is 424 g/mol. The molecule has 2 saturated heterocycles. The minimum Gasteiger partial charge on any atom is -0.352 e. The van der Waals surface area contributed by atoms with Gasteiger partial charge in [-0.3, -0.25) is 19.3 Å². The smallest absolute Gasteiger partial charge is 0.246 e. The molecule has 0 atom stereocenters. The Morgan fingerprint density at radius 2 is 2.00 bits per heavy atom. The molecule has 9 nitrogen and oxygen atoms in total. The number of aromatic nitrogens is 2. The molecule has 2 amide bonds. The zero-order valence-electron chi connectivity index (χ0n) is 18.1. The molecule has 164 valence electrons. The lowest BCUT2D eigenvalue weighted by molar-refractivity contribution is -0.128. The minimum atomic E-state index is 0.0273.